The van der Waals surface area contributed by atoms with Crippen molar-refractivity contribution in [3.63, 3.8) is 0 Å². The number of amides is 1. The highest BCUT2D eigenvalue weighted by Gasteiger charge is 2.50. The first-order valence-corrected chi connectivity index (χ1v) is 11.6. The van der Waals surface area contributed by atoms with E-state index in [4.69, 9.17) is 39.4 Å². The fourth-order valence-corrected chi connectivity index (χ4v) is 3.89. The Hall–Kier alpha value is -1.58. The Bertz CT molecular complexity index is 707. The summed E-state index contributed by atoms with van der Waals surface area (Å²) in [5.41, 5.74) is 7.43. The van der Waals surface area contributed by atoms with E-state index in [1.54, 1.807) is 0 Å². The van der Waals surface area contributed by atoms with Crippen LogP contribution >= 0.6 is 0 Å². The van der Waals surface area contributed by atoms with Crippen LogP contribution in [0.3, 0.4) is 0 Å². The first-order valence-electron chi connectivity index (χ1n) is 11.6. The average molecular weight is 543 g/mol. The molecule has 10 N–H and O–H groups in total. The van der Waals surface area contributed by atoms with Crippen LogP contribution in [0, 0.1) is 0 Å². The number of carbonyl (C=O) groups is 2. The van der Waals surface area contributed by atoms with Crippen molar-refractivity contribution in [1.29, 1.82) is 0 Å². The molecule has 0 aromatic rings. The molecule has 17 heteroatoms. The molecule has 216 valence electrons. The van der Waals surface area contributed by atoms with E-state index >= 15 is 0 Å². The molecule has 37 heavy (non-hydrogen) atoms. The quantitative estimate of drug-likeness (QED) is 0.0531. The van der Waals surface area contributed by atoms with E-state index in [1.165, 1.54) is 14.0 Å². The number of carboxylic acids is 1. The summed E-state index contributed by atoms with van der Waals surface area (Å²) >= 11 is 0. The summed E-state index contributed by atoms with van der Waals surface area (Å²) in [6, 6.07) is 0. The van der Waals surface area contributed by atoms with Crippen molar-refractivity contribution in [3.8, 4) is 0 Å². The third-order valence-electron chi connectivity index (χ3n) is 5.77. The molecule has 2 fully saturated rings. The van der Waals surface area contributed by atoms with Gasteiger partial charge in [-0.05, 0) is 6.92 Å². The smallest absolute Gasteiger partial charge is 0.329 e. The Morgan fingerprint density at radius 3 is 2.14 bits per heavy atom. The lowest BCUT2D eigenvalue weighted by atomic mass is 9.95. The van der Waals surface area contributed by atoms with E-state index in [1.807, 2.05) is 0 Å². The number of aliphatic carboxylic acids is 1. The van der Waals surface area contributed by atoms with Gasteiger partial charge in [-0.3, -0.25) is 21.5 Å². The molecule has 10 atom stereocenters. The molecular weight excluding hydrogens is 504 g/mol. The predicted octanol–water partition coefficient (Wildman–Crippen LogP) is -5.46. The lowest BCUT2D eigenvalue weighted by Gasteiger charge is -2.46. The van der Waals surface area contributed by atoms with Crippen LogP contribution in [0.4, 0.5) is 0 Å². The van der Waals surface area contributed by atoms with Crippen molar-refractivity contribution in [3.05, 3.63) is 0 Å². The van der Waals surface area contributed by atoms with Gasteiger partial charge in [-0.25, -0.2) is 10.2 Å². The standard InChI is InChI=1S/C20H38N4O13/c1-9-14(28)15(29)19(11(35-9)6-33-7-12(25)24-23-4-3-22-21)37-20-17(31)16(30)18(32-2)10(36-20)5-34-8-13(26)27/h9-11,14-20,22-23,28-31H,3-8,21H2,1-2H3,(H,24,25)(H,26,27). The number of hydrogen-bond donors (Lipinski definition) is 9. The number of hydrazine groups is 2. The number of nitrogens with one attached hydrogen (secondary N) is 3. The van der Waals surface area contributed by atoms with Gasteiger partial charge < -0.3 is 54.0 Å². The SMILES string of the molecule is COC1C(COCC(=O)O)OC(OC2C(COCC(=O)NNCCNN)OC(C)C(O)C2O)C(O)C1O. The van der Waals surface area contributed by atoms with Gasteiger partial charge in [0.05, 0.1) is 19.3 Å². The first kappa shape index (κ1) is 31.6. The van der Waals surface area contributed by atoms with Gasteiger partial charge in [0.25, 0.3) is 5.91 Å². The molecule has 2 aliphatic rings. The second-order valence-electron chi connectivity index (χ2n) is 8.54. The second-order valence-corrected chi connectivity index (χ2v) is 8.54. The summed E-state index contributed by atoms with van der Waals surface area (Å²) < 4.78 is 32.7. The molecule has 2 aliphatic heterocycles. The third-order valence-corrected chi connectivity index (χ3v) is 5.77. The van der Waals surface area contributed by atoms with E-state index in [0.717, 1.165) is 0 Å². The van der Waals surface area contributed by atoms with Gasteiger partial charge in [0.1, 0.15) is 62.0 Å². The number of methoxy groups -OCH3 is 1. The maximum absolute atomic E-state index is 11.9. The minimum Gasteiger partial charge on any atom is -0.480 e. The molecule has 2 heterocycles. The Labute approximate surface area is 213 Å². The highest BCUT2D eigenvalue weighted by Crippen LogP contribution is 2.30. The molecule has 0 aromatic heterocycles. The molecule has 0 saturated carbocycles. The van der Waals surface area contributed by atoms with Gasteiger partial charge in [-0.15, -0.1) is 0 Å². The second kappa shape index (κ2) is 15.7. The summed E-state index contributed by atoms with van der Waals surface area (Å²) in [5, 5.41) is 50.8. The van der Waals surface area contributed by atoms with Crippen molar-refractivity contribution >= 4 is 11.9 Å². The highest BCUT2D eigenvalue weighted by atomic mass is 16.7. The summed E-state index contributed by atoms with van der Waals surface area (Å²) in [5.74, 6) is 3.41. The fourth-order valence-electron chi connectivity index (χ4n) is 3.89. The van der Waals surface area contributed by atoms with Crippen LogP contribution in [0.25, 0.3) is 0 Å². The topological polar surface area (TPSA) is 253 Å². The van der Waals surface area contributed by atoms with Crippen molar-refractivity contribution in [2.24, 2.45) is 5.84 Å². The Kier molecular flexibility index (Phi) is 13.5. The number of ether oxygens (including phenoxy) is 6. The normalized spacial score (nSPS) is 36.3. The van der Waals surface area contributed by atoms with Crippen LogP contribution in [0.1, 0.15) is 6.92 Å². The zero-order chi connectivity index (χ0) is 27.5. The molecular formula is C20H38N4O13. The van der Waals surface area contributed by atoms with E-state index in [0.29, 0.717) is 13.1 Å². The van der Waals surface area contributed by atoms with Crippen molar-refractivity contribution in [2.75, 3.05) is 46.6 Å². The molecule has 0 bridgehead atoms. The Morgan fingerprint density at radius 1 is 0.892 bits per heavy atom. The third kappa shape index (κ3) is 9.29. The maximum Gasteiger partial charge on any atom is 0.329 e. The van der Waals surface area contributed by atoms with Gasteiger partial charge >= 0.3 is 5.97 Å². The van der Waals surface area contributed by atoms with Gasteiger partial charge in [-0.2, -0.15) is 0 Å². The van der Waals surface area contributed by atoms with Crippen LogP contribution in [-0.2, 0) is 38.0 Å². The van der Waals surface area contributed by atoms with Crippen LogP contribution < -0.4 is 22.1 Å². The molecule has 0 radical (unpaired) electrons. The summed E-state index contributed by atoms with van der Waals surface area (Å²) in [7, 11) is 1.26. The Balaban J connectivity index is 2.03. The largest absolute Gasteiger partial charge is 0.480 e. The van der Waals surface area contributed by atoms with Crippen molar-refractivity contribution in [2.45, 2.75) is 68.1 Å². The van der Waals surface area contributed by atoms with E-state index in [9.17, 15) is 30.0 Å². The molecule has 2 saturated heterocycles. The molecule has 2 rings (SSSR count). The Morgan fingerprint density at radius 2 is 1.51 bits per heavy atom. The minimum absolute atomic E-state index is 0.242. The van der Waals surface area contributed by atoms with E-state index < -0.39 is 79.7 Å². The summed E-state index contributed by atoms with van der Waals surface area (Å²) in [4.78, 5) is 22.6. The van der Waals surface area contributed by atoms with Crippen LogP contribution in [0.15, 0.2) is 0 Å². The van der Waals surface area contributed by atoms with Gasteiger partial charge in [0.15, 0.2) is 6.29 Å². The van der Waals surface area contributed by atoms with Gasteiger partial charge in [-0.1, -0.05) is 0 Å². The van der Waals surface area contributed by atoms with Crippen LogP contribution in [-0.4, -0.2) is 145 Å². The zero-order valence-corrected chi connectivity index (χ0v) is 20.6. The number of rotatable bonds is 15. The number of aliphatic hydroxyl groups is 4. The molecule has 10 unspecified atom stereocenters. The van der Waals surface area contributed by atoms with Gasteiger partial charge in [0.2, 0.25) is 0 Å². The van der Waals surface area contributed by atoms with Crippen molar-refractivity contribution < 1.29 is 63.5 Å². The summed E-state index contributed by atoms with van der Waals surface area (Å²) in [6.45, 7) is 0.744. The molecule has 0 aromatic carbocycles. The lowest BCUT2D eigenvalue weighted by Crippen LogP contribution is -2.64. The van der Waals surface area contributed by atoms with Crippen molar-refractivity contribution in [1.82, 2.24) is 16.3 Å². The number of aliphatic hydroxyl groups excluding tert-OH is 4. The molecule has 17 nitrogen and oxygen atoms in total. The molecule has 0 spiro atoms. The van der Waals surface area contributed by atoms with Crippen LogP contribution in [0.5, 0.6) is 0 Å². The molecule has 1 amide bonds. The number of hydrogen-bond acceptors (Lipinski definition) is 15. The van der Waals surface area contributed by atoms with Crippen LogP contribution in [0.2, 0.25) is 0 Å². The summed E-state index contributed by atoms with van der Waals surface area (Å²) in [6.07, 6.45) is -12.8. The monoisotopic (exact) mass is 542 g/mol. The average Bonchev–Trinajstić information content (AvgIpc) is 2.85. The van der Waals surface area contributed by atoms with E-state index in [2.05, 4.69) is 16.3 Å². The maximum atomic E-state index is 11.9. The fraction of sp³-hybridized carbons (Fsp3) is 0.900. The number of carbonyl (C=O) groups excluding carboxylic acids is 1. The zero-order valence-electron chi connectivity index (χ0n) is 20.6. The number of carboxylic acid groups (broad SMARTS) is 1. The lowest BCUT2D eigenvalue weighted by molar-refractivity contribution is -0.344. The molecule has 0 aliphatic carbocycles. The predicted molar refractivity (Wildman–Crippen MR) is 120 cm³/mol. The first-order chi connectivity index (χ1) is 17.6. The van der Waals surface area contributed by atoms with Gasteiger partial charge in [0, 0.05) is 20.2 Å². The number of nitrogens with two attached hydrogens (primary N) is 1. The van der Waals surface area contributed by atoms with E-state index in [-0.39, 0.29) is 19.8 Å². The highest BCUT2D eigenvalue weighted by molar-refractivity contribution is 5.76. The minimum atomic E-state index is -1.65.